The summed E-state index contributed by atoms with van der Waals surface area (Å²) in [7, 11) is -4.05. The summed E-state index contributed by atoms with van der Waals surface area (Å²) in [6.45, 7) is -0.128. The summed E-state index contributed by atoms with van der Waals surface area (Å²) >= 11 is 0. The molecule has 26 heavy (non-hydrogen) atoms. The third-order valence-corrected chi connectivity index (χ3v) is 4.55. The van der Waals surface area contributed by atoms with Gasteiger partial charge in [0.25, 0.3) is 5.91 Å². The van der Waals surface area contributed by atoms with Crippen LogP contribution in [-0.4, -0.2) is 33.8 Å². The van der Waals surface area contributed by atoms with Crippen LogP contribution in [0.25, 0.3) is 0 Å². The maximum Gasteiger partial charge on any atom is 0.573 e. The van der Waals surface area contributed by atoms with Crippen LogP contribution in [0.3, 0.4) is 0 Å². The van der Waals surface area contributed by atoms with Crippen LogP contribution in [0.1, 0.15) is 10.4 Å². The summed E-state index contributed by atoms with van der Waals surface area (Å²) in [6, 6.07) is 12.4. The van der Waals surface area contributed by atoms with Crippen LogP contribution < -0.4 is 14.8 Å². The number of rotatable bonds is 7. The number of ether oxygens (including phenoxy) is 1. The number of benzene rings is 2. The Balaban J connectivity index is 1.91. The van der Waals surface area contributed by atoms with Gasteiger partial charge in [-0.1, -0.05) is 24.3 Å². The average molecular weight is 388 g/mol. The standard InChI is InChI=1S/C16H15F3N2O4S/c17-16(18,19)25-13-7-4-8-14(11-13)26(23,24)21-10-9-20-15(22)12-5-2-1-3-6-12/h1-8,11,21H,9-10H2,(H,20,22). The molecule has 10 heteroatoms. The molecule has 6 nitrogen and oxygen atoms in total. The second-order valence-corrected chi connectivity index (χ2v) is 6.81. The summed E-state index contributed by atoms with van der Waals surface area (Å²) in [5.41, 5.74) is 0.423. The second kappa shape index (κ2) is 8.19. The van der Waals surface area contributed by atoms with E-state index in [0.717, 1.165) is 24.3 Å². The molecule has 0 aromatic heterocycles. The van der Waals surface area contributed by atoms with Gasteiger partial charge in [0.05, 0.1) is 4.90 Å². The van der Waals surface area contributed by atoms with Gasteiger partial charge in [0.1, 0.15) is 5.75 Å². The molecule has 0 bridgehead atoms. The van der Waals surface area contributed by atoms with Crippen molar-refractivity contribution in [2.24, 2.45) is 0 Å². The van der Waals surface area contributed by atoms with Crippen LogP contribution in [0.4, 0.5) is 13.2 Å². The van der Waals surface area contributed by atoms with E-state index in [-0.39, 0.29) is 23.9 Å². The van der Waals surface area contributed by atoms with Crippen molar-refractivity contribution in [2.45, 2.75) is 11.3 Å². The minimum absolute atomic E-state index is 0.00565. The maximum absolute atomic E-state index is 12.2. The summed E-state index contributed by atoms with van der Waals surface area (Å²) in [5.74, 6) is -1.01. The minimum Gasteiger partial charge on any atom is -0.406 e. The number of carbonyl (C=O) groups excluding carboxylic acids is 1. The molecule has 0 aliphatic heterocycles. The zero-order valence-corrected chi connectivity index (χ0v) is 14.1. The van der Waals surface area contributed by atoms with Crippen molar-refractivity contribution in [3.63, 3.8) is 0 Å². The fourth-order valence-electron chi connectivity index (χ4n) is 1.97. The lowest BCUT2D eigenvalue weighted by molar-refractivity contribution is -0.274. The molecule has 0 saturated carbocycles. The van der Waals surface area contributed by atoms with E-state index in [1.807, 2.05) is 0 Å². The van der Waals surface area contributed by atoms with Gasteiger partial charge in [0.2, 0.25) is 10.0 Å². The molecule has 0 fully saturated rings. The molecule has 1 amide bonds. The van der Waals surface area contributed by atoms with Gasteiger partial charge in [-0.3, -0.25) is 4.79 Å². The first kappa shape index (κ1) is 19.7. The first-order chi connectivity index (χ1) is 12.2. The highest BCUT2D eigenvalue weighted by atomic mass is 32.2. The number of sulfonamides is 1. The van der Waals surface area contributed by atoms with Gasteiger partial charge in [-0.15, -0.1) is 13.2 Å². The van der Waals surface area contributed by atoms with Gasteiger partial charge < -0.3 is 10.1 Å². The highest BCUT2D eigenvalue weighted by molar-refractivity contribution is 7.89. The number of carbonyl (C=O) groups is 1. The molecule has 2 rings (SSSR count). The Morgan fingerprint density at radius 3 is 2.35 bits per heavy atom. The number of amides is 1. The van der Waals surface area contributed by atoms with Crippen LogP contribution >= 0.6 is 0 Å². The molecule has 0 saturated heterocycles. The van der Waals surface area contributed by atoms with Gasteiger partial charge in [-0.05, 0) is 24.3 Å². The fraction of sp³-hybridized carbons (Fsp3) is 0.188. The third kappa shape index (κ3) is 6.05. The smallest absolute Gasteiger partial charge is 0.406 e. The quantitative estimate of drug-likeness (QED) is 0.713. The number of hydrogen-bond acceptors (Lipinski definition) is 4. The summed E-state index contributed by atoms with van der Waals surface area (Å²) < 4.78 is 66.7. The van der Waals surface area contributed by atoms with E-state index in [1.54, 1.807) is 30.3 Å². The second-order valence-electron chi connectivity index (χ2n) is 5.04. The van der Waals surface area contributed by atoms with Crippen molar-refractivity contribution in [3.05, 3.63) is 60.2 Å². The molecule has 0 aliphatic rings. The van der Waals surface area contributed by atoms with Crippen molar-refractivity contribution in [1.29, 1.82) is 0 Å². The SMILES string of the molecule is O=C(NCCNS(=O)(=O)c1cccc(OC(F)(F)F)c1)c1ccccc1. The Labute approximate surface area is 148 Å². The van der Waals surface area contributed by atoms with Crippen molar-refractivity contribution in [3.8, 4) is 5.75 Å². The normalized spacial score (nSPS) is 11.8. The van der Waals surface area contributed by atoms with Gasteiger partial charge >= 0.3 is 6.36 Å². The monoisotopic (exact) mass is 388 g/mol. The van der Waals surface area contributed by atoms with Gasteiger partial charge in [-0.2, -0.15) is 0 Å². The van der Waals surface area contributed by atoms with E-state index in [2.05, 4.69) is 14.8 Å². The molecular formula is C16H15F3N2O4S. The molecule has 2 aromatic carbocycles. The van der Waals surface area contributed by atoms with E-state index in [4.69, 9.17) is 0 Å². The van der Waals surface area contributed by atoms with Crippen molar-refractivity contribution in [1.82, 2.24) is 10.0 Å². The lowest BCUT2D eigenvalue weighted by Crippen LogP contribution is -2.34. The summed E-state index contributed by atoms with van der Waals surface area (Å²) in [4.78, 5) is 11.4. The zero-order chi connectivity index (χ0) is 19.2. The summed E-state index contributed by atoms with van der Waals surface area (Å²) in [6.07, 6.45) is -4.92. The molecule has 0 radical (unpaired) electrons. The van der Waals surface area contributed by atoms with Crippen LogP contribution in [0.2, 0.25) is 0 Å². The van der Waals surface area contributed by atoms with Gasteiger partial charge in [0.15, 0.2) is 0 Å². The third-order valence-electron chi connectivity index (χ3n) is 3.09. The number of alkyl halides is 3. The number of hydrogen-bond donors (Lipinski definition) is 2. The van der Waals surface area contributed by atoms with Crippen LogP contribution in [0.15, 0.2) is 59.5 Å². The molecule has 2 aromatic rings. The topological polar surface area (TPSA) is 84.5 Å². The average Bonchev–Trinajstić information content (AvgIpc) is 2.58. The lowest BCUT2D eigenvalue weighted by Gasteiger charge is -2.11. The predicted octanol–water partition coefficient (Wildman–Crippen LogP) is 2.29. The largest absolute Gasteiger partial charge is 0.573 e. The Kier molecular flexibility index (Phi) is 6.22. The molecular weight excluding hydrogens is 373 g/mol. The minimum atomic E-state index is -4.92. The van der Waals surface area contributed by atoms with Gasteiger partial charge in [0, 0.05) is 24.7 Å². The zero-order valence-electron chi connectivity index (χ0n) is 13.3. The molecule has 2 N–H and O–H groups in total. The van der Waals surface area contributed by atoms with E-state index in [9.17, 15) is 26.4 Å². The highest BCUT2D eigenvalue weighted by Crippen LogP contribution is 2.24. The van der Waals surface area contributed by atoms with Gasteiger partial charge in [-0.25, -0.2) is 13.1 Å². The summed E-state index contributed by atoms with van der Waals surface area (Å²) in [5, 5.41) is 2.53. The van der Waals surface area contributed by atoms with Crippen LogP contribution in [0.5, 0.6) is 5.75 Å². The molecule has 0 atom stereocenters. The number of nitrogens with one attached hydrogen (secondary N) is 2. The Hall–Kier alpha value is -2.59. The van der Waals surface area contributed by atoms with Crippen LogP contribution in [0, 0.1) is 0 Å². The molecule has 0 unspecified atom stereocenters. The molecule has 0 spiro atoms. The number of halogens is 3. The first-order valence-electron chi connectivity index (χ1n) is 7.36. The molecule has 0 heterocycles. The Morgan fingerprint density at radius 1 is 1.00 bits per heavy atom. The van der Waals surface area contributed by atoms with Crippen LogP contribution in [-0.2, 0) is 10.0 Å². The van der Waals surface area contributed by atoms with E-state index >= 15 is 0 Å². The van der Waals surface area contributed by atoms with E-state index < -0.39 is 22.1 Å². The predicted molar refractivity (Wildman–Crippen MR) is 87.1 cm³/mol. The Bertz CT molecular complexity index is 855. The highest BCUT2D eigenvalue weighted by Gasteiger charge is 2.31. The molecule has 140 valence electrons. The Morgan fingerprint density at radius 2 is 1.69 bits per heavy atom. The first-order valence-corrected chi connectivity index (χ1v) is 8.84. The van der Waals surface area contributed by atoms with Crippen molar-refractivity contribution in [2.75, 3.05) is 13.1 Å². The fourth-order valence-corrected chi connectivity index (χ4v) is 3.04. The van der Waals surface area contributed by atoms with Crippen molar-refractivity contribution < 1.29 is 31.1 Å². The lowest BCUT2D eigenvalue weighted by atomic mass is 10.2. The van der Waals surface area contributed by atoms with E-state index in [0.29, 0.717) is 5.56 Å². The van der Waals surface area contributed by atoms with Crippen molar-refractivity contribution >= 4 is 15.9 Å². The maximum atomic E-state index is 12.2. The molecule has 0 aliphatic carbocycles. The van der Waals surface area contributed by atoms with E-state index in [1.165, 1.54) is 0 Å².